The number of carboxylic acid groups (broad SMARTS) is 1. The Labute approximate surface area is 207 Å². The second-order valence-corrected chi connectivity index (χ2v) is 9.77. The van der Waals surface area contributed by atoms with Crippen molar-refractivity contribution in [1.82, 2.24) is 29.6 Å². The summed E-state index contributed by atoms with van der Waals surface area (Å²) in [7, 11) is 0. The Morgan fingerprint density at radius 1 is 1.08 bits per heavy atom. The van der Waals surface area contributed by atoms with Crippen LogP contribution in [0.5, 0.6) is 0 Å². The highest BCUT2D eigenvalue weighted by Gasteiger charge is 2.45. The minimum absolute atomic E-state index is 0.0133. The SMILES string of the molecule is CC(C)(O)c1ccc2c(Nc3cnccn3)nn(-c3ccnc(N4C[C@@H]5C[C@H]4CN5C(=O)O)c3)c2c1. The number of pyridine rings is 1. The van der Waals surface area contributed by atoms with Crippen molar-refractivity contribution >= 4 is 34.4 Å². The van der Waals surface area contributed by atoms with Crippen LogP contribution in [0.3, 0.4) is 0 Å². The Morgan fingerprint density at radius 2 is 1.94 bits per heavy atom. The van der Waals surface area contributed by atoms with Gasteiger partial charge in [0.2, 0.25) is 0 Å². The van der Waals surface area contributed by atoms with Crippen LogP contribution in [0.2, 0.25) is 0 Å². The van der Waals surface area contributed by atoms with E-state index in [2.05, 4.69) is 25.2 Å². The number of piperazine rings is 1. The van der Waals surface area contributed by atoms with Gasteiger partial charge >= 0.3 is 6.09 Å². The van der Waals surface area contributed by atoms with E-state index in [1.807, 2.05) is 35.0 Å². The molecule has 11 nitrogen and oxygen atoms in total. The van der Waals surface area contributed by atoms with Crippen molar-refractivity contribution in [2.75, 3.05) is 23.3 Å². The van der Waals surface area contributed by atoms with E-state index in [1.54, 1.807) is 38.6 Å². The van der Waals surface area contributed by atoms with Gasteiger partial charge in [0.1, 0.15) is 11.6 Å². The van der Waals surface area contributed by atoms with E-state index < -0.39 is 11.7 Å². The van der Waals surface area contributed by atoms with Crippen LogP contribution in [0.15, 0.2) is 55.1 Å². The molecule has 11 heteroatoms. The number of nitrogens with zero attached hydrogens (tertiary/aromatic N) is 7. The molecule has 0 saturated carbocycles. The van der Waals surface area contributed by atoms with Crippen molar-refractivity contribution in [1.29, 1.82) is 0 Å². The topological polar surface area (TPSA) is 133 Å². The molecule has 1 aromatic carbocycles. The third-order valence-electron chi connectivity index (χ3n) is 6.95. The highest BCUT2D eigenvalue weighted by molar-refractivity contribution is 5.93. The highest BCUT2D eigenvalue weighted by Crippen LogP contribution is 2.36. The predicted molar refractivity (Wildman–Crippen MR) is 134 cm³/mol. The molecular weight excluding hydrogens is 460 g/mol. The van der Waals surface area contributed by atoms with Gasteiger partial charge < -0.3 is 25.3 Å². The van der Waals surface area contributed by atoms with Gasteiger partial charge in [0.25, 0.3) is 0 Å². The molecule has 2 fully saturated rings. The minimum Gasteiger partial charge on any atom is -0.465 e. The van der Waals surface area contributed by atoms with Crippen molar-refractivity contribution in [2.24, 2.45) is 0 Å². The number of fused-ring (bicyclic) bond motifs is 3. The Bertz CT molecular complexity index is 1450. The number of anilines is 3. The second kappa shape index (κ2) is 8.16. The van der Waals surface area contributed by atoms with Gasteiger partial charge in [0.05, 0.1) is 35.1 Å². The van der Waals surface area contributed by atoms with Gasteiger partial charge in [-0.15, -0.1) is 5.10 Å². The van der Waals surface area contributed by atoms with Gasteiger partial charge in [0.15, 0.2) is 5.82 Å². The maximum Gasteiger partial charge on any atom is 0.407 e. The van der Waals surface area contributed by atoms with Crippen molar-refractivity contribution < 1.29 is 15.0 Å². The highest BCUT2D eigenvalue weighted by atomic mass is 16.4. The number of hydrogen-bond donors (Lipinski definition) is 3. The normalized spacial score (nSPS) is 19.3. The maximum absolute atomic E-state index is 11.5. The van der Waals surface area contributed by atoms with Crippen LogP contribution < -0.4 is 10.2 Å². The molecule has 0 radical (unpaired) electrons. The lowest BCUT2D eigenvalue weighted by Crippen LogP contribution is -2.48. The quantitative estimate of drug-likeness (QED) is 0.389. The van der Waals surface area contributed by atoms with Crippen LogP contribution in [-0.4, -0.2) is 71.1 Å². The fourth-order valence-corrected chi connectivity index (χ4v) is 5.15. The van der Waals surface area contributed by atoms with Crippen LogP contribution >= 0.6 is 0 Å². The second-order valence-electron chi connectivity index (χ2n) is 9.77. The van der Waals surface area contributed by atoms with Gasteiger partial charge in [-0.1, -0.05) is 6.07 Å². The number of benzene rings is 1. The lowest BCUT2D eigenvalue weighted by Gasteiger charge is -2.33. The first-order chi connectivity index (χ1) is 17.3. The van der Waals surface area contributed by atoms with Gasteiger partial charge in [-0.05, 0) is 44.0 Å². The third-order valence-corrected chi connectivity index (χ3v) is 6.95. The number of aromatic nitrogens is 5. The zero-order valence-electron chi connectivity index (χ0n) is 19.9. The van der Waals surface area contributed by atoms with Crippen LogP contribution in [0.4, 0.5) is 22.2 Å². The summed E-state index contributed by atoms with van der Waals surface area (Å²) in [6.07, 6.45) is 6.54. The number of carbonyl (C=O) groups is 1. The van der Waals surface area contributed by atoms with E-state index in [9.17, 15) is 15.0 Å². The van der Waals surface area contributed by atoms with Gasteiger partial charge in [0, 0.05) is 43.1 Å². The fourth-order valence-electron chi connectivity index (χ4n) is 5.15. The van der Waals surface area contributed by atoms with Gasteiger partial charge in [-0.2, -0.15) is 0 Å². The van der Waals surface area contributed by atoms with E-state index in [4.69, 9.17) is 5.10 Å². The molecule has 5 heterocycles. The lowest BCUT2D eigenvalue weighted by atomic mass is 9.97. The van der Waals surface area contributed by atoms with Crippen molar-refractivity contribution in [3.8, 4) is 5.69 Å². The molecule has 4 aromatic rings. The van der Waals surface area contributed by atoms with Crippen LogP contribution in [0, 0.1) is 0 Å². The number of likely N-dealkylation sites (tertiary alicyclic amines) is 1. The van der Waals surface area contributed by atoms with E-state index in [1.165, 1.54) is 4.90 Å². The number of rotatable bonds is 5. The average Bonchev–Trinajstić information content (AvgIpc) is 3.57. The van der Waals surface area contributed by atoms with Crippen LogP contribution in [-0.2, 0) is 5.60 Å². The largest absolute Gasteiger partial charge is 0.465 e. The molecule has 3 aromatic heterocycles. The van der Waals surface area contributed by atoms with E-state index >= 15 is 0 Å². The molecule has 2 bridgehead atoms. The average molecular weight is 487 g/mol. The Hall–Kier alpha value is -4.25. The molecule has 3 N–H and O–H groups in total. The summed E-state index contributed by atoms with van der Waals surface area (Å²) >= 11 is 0. The number of aliphatic hydroxyl groups is 1. The summed E-state index contributed by atoms with van der Waals surface area (Å²) in [5, 5.41) is 29.0. The molecule has 2 atom stereocenters. The zero-order chi connectivity index (χ0) is 25.0. The van der Waals surface area contributed by atoms with Crippen LogP contribution in [0.1, 0.15) is 25.8 Å². The molecule has 2 aliphatic heterocycles. The molecule has 184 valence electrons. The van der Waals surface area contributed by atoms with Crippen LogP contribution in [0.25, 0.3) is 16.6 Å². The number of amides is 1. The molecule has 6 rings (SSSR count). The van der Waals surface area contributed by atoms with Gasteiger partial charge in [-0.25, -0.2) is 19.4 Å². The van der Waals surface area contributed by atoms with Crippen molar-refractivity contribution in [3.63, 3.8) is 0 Å². The predicted octanol–water partition coefficient (Wildman–Crippen LogP) is 3.12. The molecule has 0 unspecified atom stereocenters. The minimum atomic E-state index is -1.02. The summed E-state index contributed by atoms with van der Waals surface area (Å²) in [6.45, 7) is 4.61. The monoisotopic (exact) mass is 486 g/mol. The van der Waals surface area contributed by atoms with E-state index in [0.29, 0.717) is 24.7 Å². The molecule has 2 aliphatic rings. The standard InChI is InChI=1S/C25H26N8O3/c1-25(2,36)15-3-4-19-20(9-15)33(30-23(19)29-21-12-26-7-8-27-21)16-5-6-28-22(11-16)31-13-18-10-17(31)14-32(18)24(34)35/h3-9,11-12,17-18,36H,10,13-14H2,1-2H3,(H,34,35)(H,27,29,30)/t17-,18-/m0/s1. The van der Waals surface area contributed by atoms with Crippen molar-refractivity contribution in [3.05, 3.63) is 60.7 Å². The summed E-state index contributed by atoms with van der Waals surface area (Å²) < 4.78 is 1.83. The first-order valence-electron chi connectivity index (χ1n) is 11.8. The smallest absolute Gasteiger partial charge is 0.407 e. The molecule has 36 heavy (non-hydrogen) atoms. The molecule has 0 aliphatic carbocycles. The maximum atomic E-state index is 11.5. The molecule has 1 amide bonds. The summed E-state index contributed by atoms with van der Waals surface area (Å²) in [6, 6.07) is 9.72. The number of nitrogens with one attached hydrogen (secondary N) is 1. The summed E-state index contributed by atoms with van der Waals surface area (Å²) in [4.78, 5) is 28.2. The molecular formula is C25H26N8O3. The van der Waals surface area contributed by atoms with E-state index in [-0.39, 0.29) is 12.1 Å². The molecule has 2 saturated heterocycles. The first-order valence-corrected chi connectivity index (χ1v) is 11.8. The molecule has 0 spiro atoms. The Balaban J connectivity index is 1.41. The first kappa shape index (κ1) is 22.2. The van der Waals surface area contributed by atoms with E-state index in [0.717, 1.165) is 34.4 Å². The van der Waals surface area contributed by atoms with Crippen molar-refractivity contribution in [2.45, 2.75) is 38.0 Å². The van der Waals surface area contributed by atoms with Gasteiger partial charge in [-0.3, -0.25) is 4.98 Å². The zero-order valence-corrected chi connectivity index (χ0v) is 19.9. The summed E-state index contributed by atoms with van der Waals surface area (Å²) in [5.74, 6) is 1.97. The Morgan fingerprint density at radius 3 is 2.64 bits per heavy atom. The third kappa shape index (κ3) is 3.77. The Kier molecular flexibility index (Phi) is 5.04. The fraction of sp³-hybridized carbons (Fsp3) is 0.320. The summed E-state index contributed by atoms with van der Waals surface area (Å²) in [5.41, 5.74) is 1.37. The number of hydrogen-bond acceptors (Lipinski definition) is 8. The lowest BCUT2D eigenvalue weighted by molar-refractivity contribution is 0.0787.